The van der Waals surface area contributed by atoms with E-state index in [0.29, 0.717) is 19.3 Å². The first kappa shape index (κ1) is 10.2. The Labute approximate surface area is 85.3 Å². The van der Waals surface area contributed by atoms with Gasteiger partial charge in [-0.1, -0.05) is 0 Å². The minimum atomic E-state index is -2.00. The first-order valence-electron chi connectivity index (χ1n) is 4.68. The highest BCUT2D eigenvalue weighted by Gasteiger charge is 2.68. The molecule has 2 rings (SSSR count). The molecule has 2 N–H and O–H groups in total. The lowest BCUT2D eigenvalue weighted by atomic mass is 9.84. The van der Waals surface area contributed by atoms with Gasteiger partial charge in [-0.3, -0.25) is 0 Å². The van der Waals surface area contributed by atoms with E-state index in [4.69, 9.17) is 0 Å². The van der Waals surface area contributed by atoms with Gasteiger partial charge < -0.3 is 10.2 Å². The SMILES string of the molecule is O=C=NC1C2CCC(O)(C2)C1(O)N=C=O. The molecule has 6 nitrogen and oxygen atoms in total. The minimum Gasteiger partial charge on any atom is -0.385 e. The third-order valence-electron chi connectivity index (χ3n) is 3.48. The van der Waals surface area contributed by atoms with E-state index < -0.39 is 17.4 Å². The van der Waals surface area contributed by atoms with Crippen molar-refractivity contribution in [2.45, 2.75) is 36.6 Å². The molecule has 0 radical (unpaired) electrons. The van der Waals surface area contributed by atoms with Crippen molar-refractivity contribution in [2.24, 2.45) is 15.9 Å². The van der Waals surface area contributed by atoms with Gasteiger partial charge in [0.25, 0.3) is 0 Å². The first-order valence-corrected chi connectivity index (χ1v) is 4.68. The van der Waals surface area contributed by atoms with E-state index in [-0.39, 0.29) is 5.92 Å². The number of rotatable bonds is 2. The Morgan fingerprint density at radius 3 is 2.60 bits per heavy atom. The van der Waals surface area contributed by atoms with E-state index in [1.165, 1.54) is 12.2 Å². The van der Waals surface area contributed by atoms with Crippen molar-refractivity contribution in [2.75, 3.05) is 0 Å². The van der Waals surface area contributed by atoms with E-state index in [1.54, 1.807) is 0 Å². The highest BCUT2D eigenvalue weighted by Crippen LogP contribution is 2.55. The molecule has 0 aromatic heterocycles. The topological polar surface area (TPSA) is 99.3 Å². The predicted molar refractivity (Wildman–Crippen MR) is 47.3 cm³/mol. The van der Waals surface area contributed by atoms with Crippen LogP contribution in [0.1, 0.15) is 19.3 Å². The van der Waals surface area contributed by atoms with Gasteiger partial charge in [0.05, 0.1) is 0 Å². The lowest BCUT2D eigenvalue weighted by Crippen LogP contribution is -2.55. The average Bonchev–Trinajstić information content (AvgIpc) is 2.65. The lowest BCUT2D eigenvalue weighted by Gasteiger charge is -2.37. The van der Waals surface area contributed by atoms with Crippen molar-refractivity contribution in [3.63, 3.8) is 0 Å². The summed E-state index contributed by atoms with van der Waals surface area (Å²) in [7, 11) is 0. The van der Waals surface area contributed by atoms with Gasteiger partial charge in [0.1, 0.15) is 11.6 Å². The van der Waals surface area contributed by atoms with Gasteiger partial charge in [0.15, 0.2) is 0 Å². The summed E-state index contributed by atoms with van der Waals surface area (Å²) < 4.78 is 0. The number of hydrogen-bond acceptors (Lipinski definition) is 6. The van der Waals surface area contributed by atoms with Crippen LogP contribution in [0.15, 0.2) is 9.98 Å². The average molecular weight is 210 g/mol. The number of fused-ring (bicyclic) bond motifs is 2. The van der Waals surface area contributed by atoms with E-state index >= 15 is 0 Å². The molecule has 0 saturated heterocycles. The van der Waals surface area contributed by atoms with Crippen LogP contribution in [-0.2, 0) is 9.59 Å². The Hall–Kier alpha value is -1.32. The van der Waals surface area contributed by atoms with Gasteiger partial charge in [-0.25, -0.2) is 9.59 Å². The molecular weight excluding hydrogens is 200 g/mol. The molecule has 2 aliphatic rings. The summed E-state index contributed by atoms with van der Waals surface area (Å²) in [6.07, 6.45) is 3.87. The zero-order valence-electron chi connectivity index (χ0n) is 7.88. The van der Waals surface area contributed by atoms with Crippen molar-refractivity contribution in [3.8, 4) is 0 Å². The van der Waals surface area contributed by atoms with Crippen molar-refractivity contribution in [3.05, 3.63) is 0 Å². The van der Waals surface area contributed by atoms with Crippen LogP contribution >= 0.6 is 0 Å². The molecule has 2 fully saturated rings. The number of aliphatic imine (C=N–C) groups is 2. The molecule has 2 saturated carbocycles. The van der Waals surface area contributed by atoms with E-state index in [1.807, 2.05) is 0 Å². The van der Waals surface area contributed by atoms with Crippen molar-refractivity contribution < 1.29 is 19.8 Å². The Bertz CT molecular complexity index is 386. The summed E-state index contributed by atoms with van der Waals surface area (Å²) in [5.41, 5.74) is -3.46. The molecule has 2 bridgehead atoms. The van der Waals surface area contributed by atoms with E-state index in [2.05, 4.69) is 9.98 Å². The van der Waals surface area contributed by atoms with Gasteiger partial charge in [-0.15, -0.1) is 0 Å². The third-order valence-corrected chi connectivity index (χ3v) is 3.48. The summed E-state index contributed by atoms with van der Waals surface area (Å²) in [5.74, 6) is -0.126. The summed E-state index contributed by atoms with van der Waals surface area (Å²) >= 11 is 0. The second kappa shape index (κ2) is 3.08. The Morgan fingerprint density at radius 2 is 2.00 bits per heavy atom. The van der Waals surface area contributed by atoms with Crippen LogP contribution in [0.3, 0.4) is 0 Å². The van der Waals surface area contributed by atoms with Gasteiger partial charge in [0.2, 0.25) is 17.9 Å². The fraction of sp³-hybridized carbons (Fsp3) is 0.778. The van der Waals surface area contributed by atoms with Crippen LogP contribution in [0.5, 0.6) is 0 Å². The number of carbonyl (C=O) groups excluding carboxylic acids is 2. The third kappa shape index (κ3) is 1.14. The zero-order valence-corrected chi connectivity index (χ0v) is 7.88. The normalized spacial score (nSPS) is 47.1. The monoisotopic (exact) mass is 210 g/mol. The van der Waals surface area contributed by atoms with Crippen molar-refractivity contribution >= 4 is 12.2 Å². The van der Waals surface area contributed by atoms with Gasteiger partial charge in [-0.2, -0.15) is 9.98 Å². The molecule has 4 unspecified atom stereocenters. The fourth-order valence-electron chi connectivity index (χ4n) is 2.76. The molecular formula is C9H10N2O4. The number of nitrogens with zero attached hydrogens (tertiary/aromatic N) is 2. The second-order valence-electron chi connectivity index (χ2n) is 4.13. The molecule has 0 heterocycles. The zero-order chi connectivity index (χ0) is 11.1. The van der Waals surface area contributed by atoms with E-state index in [0.717, 1.165) is 0 Å². The highest BCUT2D eigenvalue weighted by molar-refractivity contribution is 5.40. The molecule has 2 aliphatic carbocycles. The maximum absolute atomic E-state index is 10.2. The molecule has 0 aliphatic heterocycles. The van der Waals surface area contributed by atoms with Crippen LogP contribution in [-0.4, -0.2) is 39.7 Å². The van der Waals surface area contributed by atoms with Crippen LogP contribution in [0.25, 0.3) is 0 Å². The Balaban J connectivity index is 2.48. The number of isocyanates is 2. The minimum absolute atomic E-state index is 0.126. The Kier molecular flexibility index (Phi) is 2.10. The number of hydrogen-bond donors (Lipinski definition) is 2. The van der Waals surface area contributed by atoms with Crippen LogP contribution in [0, 0.1) is 5.92 Å². The van der Waals surface area contributed by atoms with Crippen LogP contribution < -0.4 is 0 Å². The van der Waals surface area contributed by atoms with Crippen LogP contribution in [0.4, 0.5) is 0 Å². The highest BCUT2D eigenvalue weighted by atomic mass is 16.4. The summed E-state index contributed by atoms with van der Waals surface area (Å²) in [4.78, 5) is 27.1. The largest absolute Gasteiger partial charge is 0.385 e. The second-order valence-corrected chi connectivity index (χ2v) is 4.13. The molecule has 80 valence electrons. The molecule has 0 aromatic rings. The van der Waals surface area contributed by atoms with Gasteiger partial charge in [-0.05, 0) is 25.2 Å². The summed E-state index contributed by atoms with van der Waals surface area (Å²) in [5, 5.41) is 20.2. The quantitative estimate of drug-likeness (QED) is 0.463. The smallest absolute Gasteiger partial charge is 0.238 e. The molecule has 4 atom stereocenters. The maximum atomic E-state index is 10.2. The predicted octanol–water partition coefficient (Wildman–Crippen LogP) is -0.740. The van der Waals surface area contributed by atoms with Gasteiger partial charge >= 0.3 is 0 Å². The first-order chi connectivity index (χ1) is 7.07. The molecule has 15 heavy (non-hydrogen) atoms. The Morgan fingerprint density at radius 1 is 1.27 bits per heavy atom. The summed E-state index contributed by atoms with van der Waals surface area (Å²) in [6, 6.07) is -0.879. The molecule has 0 amide bonds. The maximum Gasteiger partial charge on any atom is 0.238 e. The fourth-order valence-corrected chi connectivity index (χ4v) is 2.76. The lowest BCUT2D eigenvalue weighted by molar-refractivity contribution is -0.138. The summed E-state index contributed by atoms with van der Waals surface area (Å²) in [6.45, 7) is 0. The molecule has 6 heteroatoms. The number of aliphatic hydroxyl groups is 2. The van der Waals surface area contributed by atoms with Crippen molar-refractivity contribution in [1.29, 1.82) is 0 Å². The molecule has 0 aromatic carbocycles. The molecule has 0 spiro atoms. The van der Waals surface area contributed by atoms with E-state index in [9.17, 15) is 19.8 Å². The van der Waals surface area contributed by atoms with Gasteiger partial charge in [0, 0.05) is 0 Å². The standard InChI is InChI=1S/C9H10N2O4/c12-4-10-7-6-1-2-8(14,3-6)9(7,15)11-5-13/h6-7,14-15H,1-3H2. The van der Waals surface area contributed by atoms with Crippen molar-refractivity contribution in [1.82, 2.24) is 0 Å². The van der Waals surface area contributed by atoms with Crippen LogP contribution in [0.2, 0.25) is 0 Å².